The molecule has 0 aliphatic carbocycles. The maximum atomic E-state index is 11.4. The monoisotopic (exact) mass is 350 g/mol. The fourth-order valence-corrected chi connectivity index (χ4v) is 3.06. The summed E-state index contributed by atoms with van der Waals surface area (Å²) in [4.78, 5) is 24.8. The predicted molar refractivity (Wildman–Crippen MR) is 101 cm³/mol. The summed E-state index contributed by atoms with van der Waals surface area (Å²) in [7, 11) is 0. The van der Waals surface area contributed by atoms with E-state index in [-0.39, 0.29) is 11.4 Å². The zero-order chi connectivity index (χ0) is 18.3. The molecule has 0 bridgehead atoms. The third kappa shape index (κ3) is 2.63. The van der Waals surface area contributed by atoms with Gasteiger partial charge in [-0.1, -0.05) is 6.08 Å². The van der Waals surface area contributed by atoms with Crippen LogP contribution in [0.4, 0.5) is 0 Å². The number of fused-ring (bicyclic) bond motifs is 2. The molecule has 0 saturated carbocycles. The van der Waals surface area contributed by atoms with Crippen molar-refractivity contribution >= 4 is 22.1 Å². The molecule has 4 N–H and O–H groups in total. The van der Waals surface area contributed by atoms with Crippen LogP contribution in [-0.2, 0) is 6.42 Å². The molecule has 0 fully saturated rings. The molecule has 2 heterocycles. The van der Waals surface area contributed by atoms with Crippen molar-refractivity contribution in [3.8, 4) is 22.9 Å². The molecule has 2 aromatic heterocycles. The second kappa shape index (κ2) is 6.11. The molecule has 0 aliphatic rings. The highest BCUT2D eigenvalue weighted by atomic mass is 16.5. The quantitative estimate of drug-likeness (QED) is 0.415. The number of aromatic nitrogens is 4. The average Bonchev–Trinajstić information content (AvgIpc) is 3.17. The molecular weight excluding hydrogens is 332 g/mol. The van der Waals surface area contributed by atoms with Crippen LogP contribution in [0.5, 0.6) is 11.5 Å². The van der Waals surface area contributed by atoms with Gasteiger partial charge >= 0.3 is 5.69 Å². The fraction of sp³-hybridized carbons (Fsp3) is 0.158. The van der Waals surface area contributed by atoms with E-state index in [9.17, 15) is 9.90 Å². The van der Waals surface area contributed by atoms with Gasteiger partial charge in [0.2, 0.25) is 0 Å². The molecule has 7 nitrogen and oxygen atoms in total. The summed E-state index contributed by atoms with van der Waals surface area (Å²) in [5, 5.41) is 10.3. The molecule has 0 radical (unpaired) electrons. The molecule has 0 amide bonds. The number of aromatic amines is 3. The molecular formula is C19H18N4O3. The van der Waals surface area contributed by atoms with Crippen LogP contribution in [0.15, 0.2) is 41.7 Å². The lowest BCUT2D eigenvalue weighted by Gasteiger charge is -2.11. The minimum Gasteiger partial charge on any atom is -0.504 e. The Morgan fingerprint density at radius 2 is 1.92 bits per heavy atom. The van der Waals surface area contributed by atoms with Crippen LogP contribution in [0.2, 0.25) is 0 Å². The van der Waals surface area contributed by atoms with Crippen molar-refractivity contribution in [3.05, 3.63) is 53.0 Å². The second-order valence-corrected chi connectivity index (χ2v) is 5.99. The van der Waals surface area contributed by atoms with Crippen LogP contribution in [-0.4, -0.2) is 31.6 Å². The van der Waals surface area contributed by atoms with Crippen molar-refractivity contribution in [2.75, 3.05) is 6.61 Å². The summed E-state index contributed by atoms with van der Waals surface area (Å²) in [6, 6.07) is 7.28. The minimum atomic E-state index is -0.248. The van der Waals surface area contributed by atoms with Gasteiger partial charge in [-0.05, 0) is 37.6 Å². The number of phenolic OH excluding ortho intramolecular Hbond substituents is 1. The average molecular weight is 350 g/mol. The lowest BCUT2D eigenvalue weighted by atomic mass is 10.1. The van der Waals surface area contributed by atoms with E-state index >= 15 is 0 Å². The Kier molecular flexibility index (Phi) is 3.76. The summed E-state index contributed by atoms with van der Waals surface area (Å²) in [5.41, 5.74) is 4.23. The van der Waals surface area contributed by atoms with Gasteiger partial charge in [0.15, 0.2) is 11.5 Å². The highest BCUT2D eigenvalue weighted by Gasteiger charge is 2.14. The highest BCUT2D eigenvalue weighted by Crippen LogP contribution is 2.36. The first kappa shape index (κ1) is 16.0. The van der Waals surface area contributed by atoms with Crippen molar-refractivity contribution in [3.63, 3.8) is 0 Å². The first-order valence-corrected chi connectivity index (χ1v) is 8.30. The van der Waals surface area contributed by atoms with E-state index in [0.717, 1.165) is 22.2 Å². The van der Waals surface area contributed by atoms with Crippen LogP contribution < -0.4 is 10.4 Å². The Balaban J connectivity index is 1.87. The largest absolute Gasteiger partial charge is 0.504 e. The Morgan fingerprint density at radius 1 is 1.15 bits per heavy atom. The van der Waals surface area contributed by atoms with Gasteiger partial charge in [0.05, 0.1) is 28.7 Å². The molecule has 26 heavy (non-hydrogen) atoms. The first-order chi connectivity index (χ1) is 12.6. The molecule has 2 aromatic carbocycles. The summed E-state index contributed by atoms with van der Waals surface area (Å²) in [6.45, 7) is 6.05. The number of allylic oxidation sites excluding steroid dienone is 1. The van der Waals surface area contributed by atoms with Gasteiger partial charge in [0.1, 0.15) is 5.82 Å². The molecule has 0 unspecified atom stereocenters. The molecule has 4 aromatic rings. The number of imidazole rings is 2. The van der Waals surface area contributed by atoms with Gasteiger partial charge in [-0.2, -0.15) is 0 Å². The van der Waals surface area contributed by atoms with Crippen LogP contribution >= 0.6 is 0 Å². The lowest BCUT2D eigenvalue weighted by Crippen LogP contribution is -1.99. The number of nitrogens with zero attached hydrogens (tertiary/aromatic N) is 1. The predicted octanol–water partition coefficient (Wildman–Crippen LogP) is 3.23. The number of rotatable bonds is 5. The zero-order valence-electron chi connectivity index (χ0n) is 14.2. The van der Waals surface area contributed by atoms with Gasteiger partial charge < -0.3 is 24.8 Å². The van der Waals surface area contributed by atoms with E-state index in [0.29, 0.717) is 35.6 Å². The number of H-pyrrole nitrogens is 3. The zero-order valence-corrected chi connectivity index (χ0v) is 14.2. The van der Waals surface area contributed by atoms with Gasteiger partial charge in [-0.3, -0.25) is 0 Å². The lowest BCUT2D eigenvalue weighted by molar-refractivity contribution is 0.317. The fourth-order valence-electron chi connectivity index (χ4n) is 3.06. The number of hydrogen-bond donors (Lipinski definition) is 4. The summed E-state index contributed by atoms with van der Waals surface area (Å²) < 4.78 is 5.55. The molecule has 0 aliphatic heterocycles. The number of benzene rings is 2. The highest BCUT2D eigenvalue weighted by molar-refractivity contribution is 5.92. The number of hydrogen-bond acceptors (Lipinski definition) is 4. The third-order valence-corrected chi connectivity index (χ3v) is 4.21. The first-order valence-electron chi connectivity index (χ1n) is 8.30. The van der Waals surface area contributed by atoms with Crippen molar-refractivity contribution in [1.29, 1.82) is 0 Å². The number of aromatic hydroxyl groups is 1. The molecule has 0 saturated heterocycles. The van der Waals surface area contributed by atoms with Crippen LogP contribution in [0, 0.1) is 0 Å². The molecule has 4 rings (SSSR count). The number of phenols is 1. The number of nitrogens with one attached hydrogen (secondary N) is 3. The van der Waals surface area contributed by atoms with Crippen LogP contribution in [0.25, 0.3) is 33.5 Å². The van der Waals surface area contributed by atoms with E-state index in [2.05, 4.69) is 26.5 Å². The van der Waals surface area contributed by atoms with Crippen molar-refractivity contribution < 1.29 is 9.84 Å². The van der Waals surface area contributed by atoms with Crippen molar-refractivity contribution in [2.45, 2.75) is 13.3 Å². The maximum absolute atomic E-state index is 11.4. The van der Waals surface area contributed by atoms with Gasteiger partial charge in [0.25, 0.3) is 0 Å². The van der Waals surface area contributed by atoms with Crippen molar-refractivity contribution in [2.24, 2.45) is 0 Å². The van der Waals surface area contributed by atoms with Crippen LogP contribution in [0.1, 0.15) is 12.5 Å². The van der Waals surface area contributed by atoms with E-state index in [1.807, 2.05) is 25.1 Å². The van der Waals surface area contributed by atoms with E-state index in [1.54, 1.807) is 12.1 Å². The topological polar surface area (TPSA) is 107 Å². The SMILES string of the molecule is C=CCc1cc(-c2nc3cc4[nH]c(=O)[nH]c4cc3[nH]2)cc(OCC)c1O. The van der Waals surface area contributed by atoms with E-state index < -0.39 is 0 Å². The molecule has 0 atom stereocenters. The summed E-state index contributed by atoms with van der Waals surface area (Å²) in [6.07, 6.45) is 2.25. The van der Waals surface area contributed by atoms with Crippen molar-refractivity contribution in [1.82, 2.24) is 19.9 Å². The van der Waals surface area contributed by atoms with Gasteiger partial charge in [0, 0.05) is 11.1 Å². The second-order valence-electron chi connectivity index (χ2n) is 5.99. The standard InChI is InChI=1S/C19H18N4O3/c1-3-5-10-6-11(7-16(17(10)24)26-4-2)18-20-12-8-14-15(9-13(12)21-18)23-19(25)22-14/h3,6-9,24H,1,4-5H2,2H3,(H,20,21)(H2,22,23,25). The molecule has 7 heteroatoms. The smallest absolute Gasteiger partial charge is 0.323 e. The Labute approximate surface area is 148 Å². The minimum absolute atomic E-state index is 0.123. The summed E-state index contributed by atoms with van der Waals surface area (Å²) in [5.74, 6) is 1.19. The Bertz CT molecular complexity index is 1130. The normalized spacial score (nSPS) is 11.3. The number of ether oxygens (including phenoxy) is 1. The van der Waals surface area contributed by atoms with E-state index in [1.165, 1.54) is 0 Å². The van der Waals surface area contributed by atoms with Gasteiger partial charge in [-0.15, -0.1) is 6.58 Å². The molecule has 132 valence electrons. The third-order valence-electron chi connectivity index (χ3n) is 4.21. The summed E-state index contributed by atoms with van der Waals surface area (Å²) >= 11 is 0. The maximum Gasteiger partial charge on any atom is 0.323 e. The molecule has 0 spiro atoms. The van der Waals surface area contributed by atoms with E-state index in [4.69, 9.17) is 4.74 Å². The Morgan fingerprint density at radius 3 is 2.65 bits per heavy atom. The Hall–Kier alpha value is -3.48. The van der Waals surface area contributed by atoms with Crippen LogP contribution in [0.3, 0.4) is 0 Å². The van der Waals surface area contributed by atoms with Gasteiger partial charge in [-0.25, -0.2) is 9.78 Å².